The van der Waals surface area contributed by atoms with Gasteiger partial charge in [0.2, 0.25) is 0 Å². The maximum absolute atomic E-state index is 10.2. The minimum absolute atomic E-state index is 0. The van der Waals surface area contributed by atoms with Crippen LogP contribution in [0.1, 0.15) is 10.4 Å². The van der Waals surface area contributed by atoms with E-state index in [0.29, 0.717) is 4.47 Å². The minimum atomic E-state index is -1.21. The number of carboxylic acid groups (broad SMARTS) is 1. The smallest absolute Gasteiger partial charge is 0.545 e. The molecular formula is C6H3BrKNO2. The number of aromatic carboxylic acids is 1. The zero-order chi connectivity index (χ0) is 7.56. The van der Waals surface area contributed by atoms with Gasteiger partial charge in [0.15, 0.2) is 0 Å². The van der Waals surface area contributed by atoms with E-state index in [2.05, 4.69) is 20.9 Å². The Morgan fingerprint density at radius 3 is 2.55 bits per heavy atom. The van der Waals surface area contributed by atoms with Crippen molar-refractivity contribution in [3.63, 3.8) is 0 Å². The van der Waals surface area contributed by atoms with E-state index < -0.39 is 5.97 Å². The number of aromatic nitrogens is 1. The van der Waals surface area contributed by atoms with Crippen LogP contribution in [-0.2, 0) is 0 Å². The molecule has 0 unspecified atom stereocenters. The predicted molar refractivity (Wildman–Crippen MR) is 36.3 cm³/mol. The molecule has 0 atom stereocenters. The van der Waals surface area contributed by atoms with E-state index in [1.807, 2.05) is 0 Å². The first kappa shape index (κ1) is 11.7. The molecule has 1 rings (SSSR count). The second-order valence-electron chi connectivity index (χ2n) is 1.68. The van der Waals surface area contributed by atoms with Crippen LogP contribution in [0.25, 0.3) is 0 Å². The van der Waals surface area contributed by atoms with Gasteiger partial charge in [-0.2, -0.15) is 0 Å². The molecule has 3 nitrogen and oxygen atoms in total. The summed E-state index contributed by atoms with van der Waals surface area (Å²) >= 11 is 3.08. The van der Waals surface area contributed by atoms with Gasteiger partial charge in [0, 0.05) is 22.4 Å². The Labute approximate surface area is 115 Å². The number of carboxylic acids is 1. The third-order valence-electron chi connectivity index (χ3n) is 0.941. The summed E-state index contributed by atoms with van der Waals surface area (Å²) in [6.07, 6.45) is 2.74. The van der Waals surface area contributed by atoms with E-state index in [-0.39, 0.29) is 56.9 Å². The fourth-order valence-corrected chi connectivity index (χ4v) is 0.888. The number of rotatable bonds is 1. The SMILES string of the molecule is O=C([O-])c1cncc(Br)c1.[K+]. The molecule has 0 aliphatic heterocycles. The number of hydrogen-bond acceptors (Lipinski definition) is 3. The number of nitrogens with zero attached hydrogens (tertiary/aromatic N) is 1. The van der Waals surface area contributed by atoms with Crippen molar-refractivity contribution in [1.29, 1.82) is 0 Å². The Balaban J connectivity index is 0.000001000. The van der Waals surface area contributed by atoms with E-state index in [1.165, 1.54) is 18.5 Å². The van der Waals surface area contributed by atoms with E-state index in [9.17, 15) is 9.90 Å². The third kappa shape index (κ3) is 3.77. The number of pyridine rings is 1. The minimum Gasteiger partial charge on any atom is -0.545 e. The standard InChI is InChI=1S/C6H4BrNO2.K/c7-5-1-4(6(9)10)2-8-3-5;/h1-3H,(H,9,10);/q;+1/p-1. The molecule has 0 fully saturated rings. The summed E-state index contributed by atoms with van der Waals surface area (Å²) in [5, 5.41) is 10.2. The molecule has 0 spiro atoms. The molecule has 1 heterocycles. The Morgan fingerprint density at radius 2 is 2.18 bits per heavy atom. The van der Waals surface area contributed by atoms with Crippen molar-refractivity contribution in [2.24, 2.45) is 0 Å². The first-order chi connectivity index (χ1) is 4.70. The second kappa shape index (κ2) is 5.39. The molecule has 0 saturated carbocycles. The summed E-state index contributed by atoms with van der Waals surface area (Å²) in [6, 6.07) is 1.43. The molecule has 0 bridgehead atoms. The van der Waals surface area contributed by atoms with Crippen molar-refractivity contribution in [3.8, 4) is 0 Å². The van der Waals surface area contributed by atoms with Crippen molar-refractivity contribution < 1.29 is 61.3 Å². The van der Waals surface area contributed by atoms with E-state index in [1.54, 1.807) is 0 Å². The van der Waals surface area contributed by atoms with Crippen LogP contribution in [-0.4, -0.2) is 11.0 Å². The number of carbonyl (C=O) groups is 1. The van der Waals surface area contributed by atoms with Crippen LogP contribution in [0.4, 0.5) is 0 Å². The normalized spacial score (nSPS) is 8.45. The predicted octanol–water partition coefficient (Wildman–Crippen LogP) is -2.79. The van der Waals surface area contributed by atoms with Crippen molar-refractivity contribution in [2.45, 2.75) is 0 Å². The van der Waals surface area contributed by atoms with Gasteiger partial charge >= 0.3 is 51.4 Å². The Morgan fingerprint density at radius 1 is 1.55 bits per heavy atom. The topological polar surface area (TPSA) is 53.0 Å². The Kier molecular flexibility index (Phi) is 5.76. The van der Waals surface area contributed by atoms with Crippen molar-refractivity contribution in [2.75, 3.05) is 0 Å². The average molecular weight is 240 g/mol. The summed E-state index contributed by atoms with van der Waals surface area (Å²) < 4.78 is 0.634. The van der Waals surface area contributed by atoms with Gasteiger partial charge in [-0.25, -0.2) is 0 Å². The van der Waals surface area contributed by atoms with Crippen molar-refractivity contribution >= 4 is 21.9 Å². The molecule has 0 aromatic carbocycles. The number of halogens is 1. The molecule has 0 amide bonds. The van der Waals surface area contributed by atoms with Gasteiger partial charge < -0.3 is 9.90 Å². The summed E-state index contributed by atoms with van der Waals surface area (Å²) in [7, 11) is 0. The molecular weight excluding hydrogens is 237 g/mol. The molecule has 1 aromatic heterocycles. The van der Waals surface area contributed by atoms with Gasteiger partial charge in [-0.3, -0.25) is 4.98 Å². The van der Waals surface area contributed by atoms with Crippen molar-refractivity contribution in [1.82, 2.24) is 4.98 Å². The van der Waals surface area contributed by atoms with Crippen LogP contribution >= 0.6 is 15.9 Å². The summed E-state index contributed by atoms with van der Waals surface area (Å²) in [6.45, 7) is 0. The monoisotopic (exact) mass is 239 g/mol. The summed E-state index contributed by atoms with van der Waals surface area (Å²) in [4.78, 5) is 13.8. The van der Waals surface area contributed by atoms with Crippen LogP contribution < -0.4 is 56.5 Å². The fourth-order valence-electron chi connectivity index (χ4n) is 0.523. The first-order valence-corrected chi connectivity index (χ1v) is 3.31. The molecule has 5 heteroatoms. The molecule has 1 aromatic rings. The van der Waals surface area contributed by atoms with Gasteiger partial charge in [0.1, 0.15) is 0 Å². The van der Waals surface area contributed by atoms with Crippen LogP contribution in [0.2, 0.25) is 0 Å². The summed E-state index contributed by atoms with van der Waals surface area (Å²) in [5.41, 5.74) is 0.0781. The van der Waals surface area contributed by atoms with E-state index >= 15 is 0 Å². The fraction of sp³-hybridized carbons (Fsp3) is 0. The van der Waals surface area contributed by atoms with Crippen LogP contribution in [0, 0.1) is 0 Å². The van der Waals surface area contributed by atoms with Gasteiger partial charge in [-0.05, 0) is 22.0 Å². The molecule has 0 radical (unpaired) electrons. The van der Waals surface area contributed by atoms with E-state index in [4.69, 9.17) is 0 Å². The molecule has 11 heavy (non-hydrogen) atoms. The molecule has 0 saturated heterocycles. The first-order valence-electron chi connectivity index (χ1n) is 2.52. The summed E-state index contributed by atoms with van der Waals surface area (Å²) in [5.74, 6) is -1.21. The average Bonchev–Trinajstić information content (AvgIpc) is 1.88. The van der Waals surface area contributed by atoms with Gasteiger partial charge in [-0.1, -0.05) is 0 Å². The Hall–Kier alpha value is 0.736. The largest absolute Gasteiger partial charge is 1.00 e. The van der Waals surface area contributed by atoms with E-state index in [0.717, 1.165) is 0 Å². The zero-order valence-electron chi connectivity index (χ0n) is 5.87. The number of hydrogen-bond donors (Lipinski definition) is 0. The Bertz CT molecular complexity index is 267. The maximum Gasteiger partial charge on any atom is 1.00 e. The zero-order valence-corrected chi connectivity index (χ0v) is 10.6. The second-order valence-corrected chi connectivity index (χ2v) is 2.59. The molecule has 0 aliphatic rings. The van der Waals surface area contributed by atoms with Crippen LogP contribution in [0.15, 0.2) is 22.9 Å². The van der Waals surface area contributed by atoms with Crippen molar-refractivity contribution in [3.05, 3.63) is 28.5 Å². The van der Waals surface area contributed by atoms with Crippen LogP contribution in [0.3, 0.4) is 0 Å². The molecule has 0 aliphatic carbocycles. The quantitative estimate of drug-likeness (QED) is 0.499. The van der Waals surface area contributed by atoms with Crippen LogP contribution in [0.5, 0.6) is 0 Å². The third-order valence-corrected chi connectivity index (χ3v) is 1.37. The molecule has 0 N–H and O–H groups in total. The van der Waals surface area contributed by atoms with Gasteiger partial charge in [0.25, 0.3) is 0 Å². The van der Waals surface area contributed by atoms with Gasteiger partial charge in [0.05, 0.1) is 5.97 Å². The molecule has 52 valence electrons. The maximum atomic E-state index is 10.2. The number of carbonyl (C=O) groups excluding carboxylic acids is 1. The van der Waals surface area contributed by atoms with Gasteiger partial charge in [-0.15, -0.1) is 0 Å².